The van der Waals surface area contributed by atoms with Gasteiger partial charge in [-0.15, -0.1) is 0 Å². The van der Waals surface area contributed by atoms with Gasteiger partial charge in [0.05, 0.1) is 11.7 Å². The summed E-state index contributed by atoms with van der Waals surface area (Å²) >= 11 is 0. The molecule has 0 aliphatic carbocycles. The Bertz CT molecular complexity index is 462. The highest BCUT2D eigenvalue weighted by Crippen LogP contribution is 2.09. The van der Waals surface area contributed by atoms with Crippen molar-refractivity contribution in [3.8, 4) is 6.07 Å². The lowest BCUT2D eigenvalue weighted by atomic mass is 10.2. The van der Waals surface area contributed by atoms with Crippen LogP contribution in [0.25, 0.3) is 5.52 Å². The first-order chi connectivity index (χ1) is 5.83. The number of fused-ring (bicyclic) bond motifs is 1. The topological polar surface area (TPSA) is 41.1 Å². The van der Waals surface area contributed by atoms with Gasteiger partial charge in [-0.3, -0.25) is 0 Å². The minimum Gasteiger partial charge on any atom is -0.223 e. The third-order valence-corrected chi connectivity index (χ3v) is 1.87. The van der Waals surface area contributed by atoms with Gasteiger partial charge in [-0.2, -0.15) is 10.4 Å². The summed E-state index contributed by atoms with van der Waals surface area (Å²) in [6.07, 6.45) is 1.69. The van der Waals surface area contributed by atoms with Gasteiger partial charge < -0.3 is 0 Å². The maximum atomic E-state index is 8.82. The van der Waals surface area contributed by atoms with Crippen LogP contribution >= 0.6 is 0 Å². The lowest BCUT2D eigenvalue weighted by Gasteiger charge is -1.98. The number of rotatable bonds is 0. The first kappa shape index (κ1) is 6.86. The Morgan fingerprint density at radius 3 is 3.00 bits per heavy atom. The van der Waals surface area contributed by atoms with Gasteiger partial charge in [0.1, 0.15) is 11.8 Å². The van der Waals surface area contributed by atoms with Gasteiger partial charge in [0.2, 0.25) is 0 Å². The van der Waals surface area contributed by atoms with Crippen molar-refractivity contribution in [3.63, 3.8) is 0 Å². The molecule has 0 aliphatic rings. The molecule has 58 valence electrons. The van der Waals surface area contributed by atoms with E-state index in [0.29, 0.717) is 5.69 Å². The summed E-state index contributed by atoms with van der Waals surface area (Å²) < 4.78 is 1.65. The highest BCUT2D eigenvalue weighted by atomic mass is 15.2. The van der Waals surface area contributed by atoms with Crippen LogP contribution in [0.5, 0.6) is 0 Å². The largest absolute Gasteiger partial charge is 0.223 e. The monoisotopic (exact) mass is 157 g/mol. The van der Waals surface area contributed by atoms with Crippen molar-refractivity contribution in [3.05, 3.63) is 35.7 Å². The second-order valence-electron chi connectivity index (χ2n) is 2.64. The van der Waals surface area contributed by atoms with Gasteiger partial charge in [0.15, 0.2) is 0 Å². The molecule has 0 N–H and O–H groups in total. The van der Waals surface area contributed by atoms with Crippen molar-refractivity contribution in [1.82, 2.24) is 9.61 Å². The number of aryl methyl sites for hydroxylation is 1. The highest BCUT2D eigenvalue weighted by Gasteiger charge is 2.02. The van der Waals surface area contributed by atoms with Crippen molar-refractivity contribution < 1.29 is 0 Å². The van der Waals surface area contributed by atoms with Crippen LogP contribution in [-0.2, 0) is 0 Å². The van der Waals surface area contributed by atoms with Gasteiger partial charge in [0.25, 0.3) is 0 Å². The van der Waals surface area contributed by atoms with E-state index in [4.69, 9.17) is 5.26 Å². The molecule has 2 aromatic rings. The number of nitrogens with zero attached hydrogens (tertiary/aromatic N) is 3. The van der Waals surface area contributed by atoms with Crippen molar-refractivity contribution in [1.29, 1.82) is 5.26 Å². The van der Waals surface area contributed by atoms with E-state index in [0.717, 1.165) is 11.1 Å². The van der Waals surface area contributed by atoms with Crippen LogP contribution < -0.4 is 0 Å². The van der Waals surface area contributed by atoms with Gasteiger partial charge in [0, 0.05) is 0 Å². The van der Waals surface area contributed by atoms with E-state index in [1.165, 1.54) is 0 Å². The SMILES string of the molecule is Cc1ccc2ccnn2c1C#N. The Balaban J connectivity index is 2.94. The van der Waals surface area contributed by atoms with Crippen molar-refractivity contribution in [2.45, 2.75) is 6.92 Å². The summed E-state index contributed by atoms with van der Waals surface area (Å²) in [5.41, 5.74) is 2.52. The van der Waals surface area contributed by atoms with Crippen molar-refractivity contribution >= 4 is 5.52 Å². The first-order valence-corrected chi connectivity index (χ1v) is 3.66. The summed E-state index contributed by atoms with van der Waals surface area (Å²) in [7, 11) is 0. The average molecular weight is 157 g/mol. The second kappa shape index (κ2) is 2.35. The molecule has 0 radical (unpaired) electrons. The second-order valence-corrected chi connectivity index (χ2v) is 2.64. The van der Waals surface area contributed by atoms with Crippen LogP contribution in [0.15, 0.2) is 24.4 Å². The zero-order chi connectivity index (χ0) is 8.55. The summed E-state index contributed by atoms with van der Waals surface area (Å²) in [4.78, 5) is 0. The molecule has 2 aromatic heterocycles. The molecule has 0 unspecified atom stereocenters. The molecule has 0 saturated heterocycles. The smallest absolute Gasteiger partial charge is 0.145 e. The van der Waals surface area contributed by atoms with E-state index < -0.39 is 0 Å². The first-order valence-electron chi connectivity index (χ1n) is 3.66. The Morgan fingerprint density at radius 1 is 1.42 bits per heavy atom. The quantitative estimate of drug-likeness (QED) is 0.581. The molecule has 0 saturated carbocycles. The maximum Gasteiger partial charge on any atom is 0.145 e. The predicted molar refractivity (Wildman–Crippen MR) is 44.6 cm³/mol. The van der Waals surface area contributed by atoms with E-state index in [-0.39, 0.29) is 0 Å². The number of pyridine rings is 1. The fourth-order valence-electron chi connectivity index (χ4n) is 1.22. The zero-order valence-electron chi connectivity index (χ0n) is 6.65. The van der Waals surface area contributed by atoms with Gasteiger partial charge >= 0.3 is 0 Å². The third-order valence-electron chi connectivity index (χ3n) is 1.87. The van der Waals surface area contributed by atoms with Crippen molar-refractivity contribution in [2.24, 2.45) is 0 Å². The maximum absolute atomic E-state index is 8.82. The molecular formula is C9H7N3. The fourth-order valence-corrected chi connectivity index (χ4v) is 1.22. The van der Waals surface area contributed by atoms with Crippen LogP contribution in [0.3, 0.4) is 0 Å². The van der Waals surface area contributed by atoms with Gasteiger partial charge in [-0.05, 0) is 24.6 Å². The Morgan fingerprint density at radius 2 is 2.25 bits per heavy atom. The van der Waals surface area contributed by atoms with Crippen LogP contribution in [0.4, 0.5) is 0 Å². The molecule has 0 atom stereocenters. The molecule has 0 bridgehead atoms. The lowest BCUT2D eigenvalue weighted by Crippen LogP contribution is -1.96. The minimum absolute atomic E-state index is 0.609. The van der Waals surface area contributed by atoms with Crippen LogP contribution in [0.1, 0.15) is 11.3 Å². The minimum atomic E-state index is 0.609. The molecule has 0 aliphatic heterocycles. The molecular weight excluding hydrogens is 150 g/mol. The molecule has 3 heteroatoms. The van der Waals surface area contributed by atoms with E-state index in [1.807, 2.05) is 25.1 Å². The molecule has 2 rings (SSSR count). The molecule has 2 heterocycles. The molecule has 0 amide bonds. The lowest BCUT2D eigenvalue weighted by molar-refractivity contribution is 0.930. The number of hydrogen-bond donors (Lipinski definition) is 0. The fraction of sp³-hybridized carbons (Fsp3) is 0.111. The van der Waals surface area contributed by atoms with E-state index in [2.05, 4.69) is 11.2 Å². The molecule has 0 aromatic carbocycles. The van der Waals surface area contributed by atoms with E-state index >= 15 is 0 Å². The van der Waals surface area contributed by atoms with E-state index in [9.17, 15) is 0 Å². The number of aromatic nitrogens is 2. The standard InChI is InChI=1S/C9H7N3/c1-7-2-3-8-4-5-11-12(8)9(7)6-10/h2-5H,1H3. The van der Waals surface area contributed by atoms with Crippen LogP contribution in [-0.4, -0.2) is 9.61 Å². The summed E-state index contributed by atoms with van der Waals surface area (Å²) in [6, 6.07) is 7.87. The summed E-state index contributed by atoms with van der Waals surface area (Å²) in [5, 5.41) is 12.9. The van der Waals surface area contributed by atoms with Crippen LogP contribution in [0, 0.1) is 18.3 Å². The highest BCUT2D eigenvalue weighted by molar-refractivity contribution is 5.50. The van der Waals surface area contributed by atoms with Gasteiger partial charge in [-0.1, -0.05) is 6.07 Å². The van der Waals surface area contributed by atoms with Crippen LogP contribution in [0.2, 0.25) is 0 Å². The third kappa shape index (κ3) is 0.785. The summed E-state index contributed by atoms with van der Waals surface area (Å²) in [6.45, 7) is 1.90. The average Bonchev–Trinajstić information content (AvgIpc) is 2.52. The Kier molecular flexibility index (Phi) is 1.34. The number of nitriles is 1. The summed E-state index contributed by atoms with van der Waals surface area (Å²) in [5.74, 6) is 0. The molecule has 3 nitrogen and oxygen atoms in total. The Hall–Kier alpha value is -1.82. The molecule has 12 heavy (non-hydrogen) atoms. The molecule has 0 fully saturated rings. The van der Waals surface area contributed by atoms with E-state index in [1.54, 1.807) is 10.7 Å². The zero-order valence-corrected chi connectivity index (χ0v) is 6.65. The number of hydrogen-bond acceptors (Lipinski definition) is 2. The molecule has 0 spiro atoms. The van der Waals surface area contributed by atoms with Gasteiger partial charge in [-0.25, -0.2) is 4.52 Å². The normalized spacial score (nSPS) is 10.0. The Labute approximate surface area is 69.9 Å². The predicted octanol–water partition coefficient (Wildman–Crippen LogP) is 1.51. The van der Waals surface area contributed by atoms with Crippen molar-refractivity contribution in [2.75, 3.05) is 0 Å².